The van der Waals surface area contributed by atoms with Crippen LogP contribution < -0.4 is 19.9 Å². The van der Waals surface area contributed by atoms with Crippen LogP contribution >= 0.6 is 12.2 Å². The largest absolute Gasteiger partial charge is 0.497 e. The fourth-order valence-electron chi connectivity index (χ4n) is 2.63. The maximum absolute atomic E-state index is 5.91. The van der Waals surface area contributed by atoms with Crippen molar-refractivity contribution in [3.63, 3.8) is 0 Å². The molecule has 5 heteroatoms. The van der Waals surface area contributed by atoms with Gasteiger partial charge in [0.05, 0.1) is 12.7 Å². The van der Waals surface area contributed by atoms with Gasteiger partial charge in [0.1, 0.15) is 35.5 Å². The first-order valence-corrected chi connectivity index (χ1v) is 8.31. The van der Waals surface area contributed by atoms with Crippen LogP contribution in [0.4, 0.5) is 0 Å². The molecule has 3 aromatic rings. The highest BCUT2D eigenvalue weighted by Gasteiger charge is 2.11. The van der Waals surface area contributed by atoms with E-state index in [1.54, 1.807) is 7.11 Å². The third kappa shape index (κ3) is 4.00. The van der Waals surface area contributed by atoms with Gasteiger partial charge >= 0.3 is 0 Å². The molecule has 3 aromatic carbocycles. The van der Waals surface area contributed by atoms with Crippen molar-refractivity contribution >= 4 is 28.0 Å². The van der Waals surface area contributed by atoms with Crippen LogP contribution in [0.25, 0.3) is 10.8 Å². The molecule has 0 aliphatic rings. The molecule has 0 saturated carbocycles. The van der Waals surface area contributed by atoms with E-state index in [2.05, 4.69) is 0 Å². The highest BCUT2D eigenvalue weighted by molar-refractivity contribution is 7.80. The van der Waals surface area contributed by atoms with E-state index < -0.39 is 0 Å². The summed E-state index contributed by atoms with van der Waals surface area (Å²) in [6.07, 6.45) is 0. The van der Waals surface area contributed by atoms with Gasteiger partial charge < -0.3 is 19.9 Å². The SMILES string of the molecule is COc1cccc(OCCOc2ccc3ccccc3c2C(N)=S)c1. The van der Waals surface area contributed by atoms with E-state index in [1.165, 1.54) is 0 Å². The van der Waals surface area contributed by atoms with Crippen LogP contribution in [0.3, 0.4) is 0 Å². The third-order valence-electron chi connectivity index (χ3n) is 3.79. The molecule has 3 rings (SSSR count). The van der Waals surface area contributed by atoms with Gasteiger partial charge in [0.2, 0.25) is 0 Å². The molecule has 0 bridgehead atoms. The Morgan fingerprint density at radius 3 is 2.48 bits per heavy atom. The summed E-state index contributed by atoms with van der Waals surface area (Å²) in [6, 6.07) is 19.3. The monoisotopic (exact) mass is 353 g/mol. The van der Waals surface area contributed by atoms with Crippen molar-refractivity contribution in [3.05, 3.63) is 66.2 Å². The van der Waals surface area contributed by atoms with Crippen LogP contribution in [0.15, 0.2) is 60.7 Å². The summed E-state index contributed by atoms with van der Waals surface area (Å²) in [5.74, 6) is 2.15. The molecule has 0 amide bonds. The Morgan fingerprint density at radius 2 is 1.68 bits per heavy atom. The lowest BCUT2D eigenvalue weighted by Gasteiger charge is -2.14. The predicted molar refractivity (Wildman–Crippen MR) is 104 cm³/mol. The smallest absolute Gasteiger partial charge is 0.130 e. The quantitative estimate of drug-likeness (QED) is 0.515. The third-order valence-corrected chi connectivity index (χ3v) is 3.99. The number of ether oxygens (including phenoxy) is 3. The van der Waals surface area contributed by atoms with E-state index in [4.69, 9.17) is 32.2 Å². The van der Waals surface area contributed by atoms with E-state index >= 15 is 0 Å². The van der Waals surface area contributed by atoms with Crippen molar-refractivity contribution in [3.8, 4) is 17.2 Å². The summed E-state index contributed by atoms with van der Waals surface area (Å²) in [5, 5.41) is 2.06. The maximum Gasteiger partial charge on any atom is 0.130 e. The van der Waals surface area contributed by atoms with Crippen molar-refractivity contribution < 1.29 is 14.2 Å². The van der Waals surface area contributed by atoms with Gasteiger partial charge in [0, 0.05) is 6.07 Å². The van der Waals surface area contributed by atoms with E-state index in [1.807, 2.05) is 60.7 Å². The molecule has 0 spiro atoms. The molecular weight excluding hydrogens is 334 g/mol. The normalized spacial score (nSPS) is 10.4. The molecule has 4 nitrogen and oxygen atoms in total. The molecule has 0 heterocycles. The van der Waals surface area contributed by atoms with E-state index in [-0.39, 0.29) is 0 Å². The Morgan fingerprint density at radius 1 is 0.920 bits per heavy atom. The lowest BCUT2D eigenvalue weighted by atomic mass is 10.0. The number of thiocarbonyl (C=S) groups is 1. The standard InChI is InChI=1S/C20H19NO3S/c1-22-15-6-4-7-16(13-15)23-11-12-24-18-10-9-14-5-2-3-8-17(14)19(18)20(21)25/h2-10,13H,11-12H2,1H3,(H2,21,25). The minimum Gasteiger partial charge on any atom is -0.497 e. The number of methoxy groups -OCH3 is 1. The lowest BCUT2D eigenvalue weighted by molar-refractivity contribution is 0.216. The van der Waals surface area contributed by atoms with E-state index in [0.717, 1.165) is 27.8 Å². The van der Waals surface area contributed by atoms with Crippen LogP contribution in [0.2, 0.25) is 0 Å². The number of nitrogens with two attached hydrogens (primary N) is 1. The number of hydrogen-bond acceptors (Lipinski definition) is 4. The predicted octanol–water partition coefficient (Wildman–Crippen LogP) is 3.94. The molecule has 0 fully saturated rings. The van der Waals surface area contributed by atoms with Gasteiger partial charge in [0.15, 0.2) is 0 Å². The fourth-order valence-corrected chi connectivity index (χ4v) is 2.84. The van der Waals surface area contributed by atoms with Gasteiger partial charge in [-0.3, -0.25) is 0 Å². The Kier molecular flexibility index (Phi) is 5.36. The molecule has 2 N–H and O–H groups in total. The van der Waals surface area contributed by atoms with Gasteiger partial charge in [-0.1, -0.05) is 48.6 Å². The zero-order valence-electron chi connectivity index (χ0n) is 13.9. The van der Waals surface area contributed by atoms with Crippen molar-refractivity contribution in [2.45, 2.75) is 0 Å². The summed E-state index contributed by atoms with van der Waals surface area (Å²) in [7, 11) is 1.62. The van der Waals surface area contributed by atoms with E-state index in [9.17, 15) is 0 Å². The Balaban J connectivity index is 1.68. The Hall–Kier alpha value is -2.79. The highest BCUT2D eigenvalue weighted by atomic mass is 32.1. The van der Waals surface area contributed by atoms with Gasteiger partial charge in [-0.15, -0.1) is 0 Å². The van der Waals surface area contributed by atoms with E-state index in [0.29, 0.717) is 24.0 Å². The summed E-state index contributed by atoms with van der Waals surface area (Å²) < 4.78 is 16.7. The second-order valence-corrected chi connectivity index (χ2v) is 5.84. The van der Waals surface area contributed by atoms with Crippen molar-refractivity contribution in [1.29, 1.82) is 0 Å². The molecule has 0 saturated heterocycles. The van der Waals surface area contributed by atoms with Crippen LogP contribution in [0, 0.1) is 0 Å². The topological polar surface area (TPSA) is 53.7 Å². The van der Waals surface area contributed by atoms with Crippen molar-refractivity contribution in [2.24, 2.45) is 5.73 Å². The van der Waals surface area contributed by atoms with Gasteiger partial charge in [-0.2, -0.15) is 0 Å². The molecule has 0 radical (unpaired) electrons. The number of fused-ring (bicyclic) bond motifs is 1. The first kappa shape index (κ1) is 17.0. The average Bonchev–Trinajstić information content (AvgIpc) is 2.64. The van der Waals surface area contributed by atoms with Crippen molar-refractivity contribution in [1.82, 2.24) is 0 Å². The molecule has 0 aromatic heterocycles. The Labute approximate surface area is 152 Å². The molecular formula is C20H19NO3S. The summed E-state index contributed by atoms with van der Waals surface area (Å²) in [4.78, 5) is 0.320. The summed E-state index contributed by atoms with van der Waals surface area (Å²) in [5.41, 5.74) is 6.67. The van der Waals surface area contributed by atoms with Gasteiger partial charge in [-0.05, 0) is 29.0 Å². The van der Waals surface area contributed by atoms with Crippen LogP contribution in [-0.2, 0) is 0 Å². The highest BCUT2D eigenvalue weighted by Crippen LogP contribution is 2.28. The summed E-state index contributed by atoms with van der Waals surface area (Å²) >= 11 is 5.21. The molecule has 0 unspecified atom stereocenters. The van der Waals surface area contributed by atoms with Crippen LogP contribution in [0.5, 0.6) is 17.2 Å². The lowest BCUT2D eigenvalue weighted by Crippen LogP contribution is -2.15. The zero-order chi connectivity index (χ0) is 17.6. The first-order chi connectivity index (χ1) is 12.2. The van der Waals surface area contributed by atoms with Gasteiger partial charge in [0.25, 0.3) is 0 Å². The molecule has 0 aliphatic heterocycles. The fraction of sp³-hybridized carbons (Fsp3) is 0.150. The van der Waals surface area contributed by atoms with Crippen LogP contribution in [0.1, 0.15) is 5.56 Å². The molecule has 25 heavy (non-hydrogen) atoms. The second-order valence-electron chi connectivity index (χ2n) is 5.40. The van der Waals surface area contributed by atoms with Crippen molar-refractivity contribution in [2.75, 3.05) is 20.3 Å². The molecule has 0 aliphatic carbocycles. The number of benzene rings is 3. The van der Waals surface area contributed by atoms with Gasteiger partial charge in [-0.25, -0.2) is 0 Å². The number of rotatable bonds is 7. The average molecular weight is 353 g/mol. The Bertz CT molecular complexity index is 895. The summed E-state index contributed by atoms with van der Waals surface area (Å²) in [6.45, 7) is 0.780. The first-order valence-electron chi connectivity index (χ1n) is 7.90. The molecule has 128 valence electrons. The second kappa shape index (κ2) is 7.85. The minimum absolute atomic E-state index is 0.320. The minimum atomic E-state index is 0.320. The van der Waals surface area contributed by atoms with Crippen LogP contribution in [-0.4, -0.2) is 25.3 Å². The maximum atomic E-state index is 5.91. The molecule has 0 atom stereocenters. The zero-order valence-corrected chi connectivity index (χ0v) is 14.7. The number of hydrogen-bond donors (Lipinski definition) is 1.